The van der Waals surface area contributed by atoms with Crippen molar-refractivity contribution in [3.8, 4) is 22.6 Å². The first-order valence-corrected chi connectivity index (χ1v) is 15.2. The minimum atomic E-state index is -0.857. The highest BCUT2D eigenvalue weighted by Crippen LogP contribution is 2.42. The number of rotatable bonds is 5. The summed E-state index contributed by atoms with van der Waals surface area (Å²) in [6.07, 6.45) is 0. The standard InChI is InChI=1S/C45H28N2O2/c1-2-14-34(15-3-1)47(35-16-8-13-32(27-35)33-21-20-29-10-4-5-12-31(29)26-33)36-23-24-38-42(28-36)48-40-19-9-18-39(43(38)40)45-46-44-37-17-7-6-11-30(37)22-25-41(44)49-45/h1-28H/i1D,2D,3D,4D,5D,8D,10D,12D,13D,14D,15D,16D,20D,21D,26D,27D. The maximum Gasteiger partial charge on any atom is 0.228 e. The van der Waals surface area contributed by atoms with E-state index in [2.05, 4.69) is 0 Å². The molecule has 0 saturated heterocycles. The normalized spacial score (nSPS) is 16.2. The lowest BCUT2D eigenvalue weighted by Gasteiger charge is -2.26. The van der Waals surface area contributed by atoms with Gasteiger partial charge >= 0.3 is 0 Å². The number of aromatic nitrogens is 1. The molecule has 4 heteroatoms. The molecule has 4 nitrogen and oxygen atoms in total. The van der Waals surface area contributed by atoms with Crippen molar-refractivity contribution < 1.29 is 30.8 Å². The number of anilines is 3. The summed E-state index contributed by atoms with van der Waals surface area (Å²) in [6, 6.07) is 9.17. The first-order chi connectivity index (χ1) is 30.9. The predicted molar refractivity (Wildman–Crippen MR) is 202 cm³/mol. The lowest BCUT2D eigenvalue weighted by molar-refractivity contribution is 0.620. The Bertz CT molecular complexity index is 3740. The molecular weight excluding hydrogens is 601 g/mol. The van der Waals surface area contributed by atoms with Gasteiger partial charge in [0.25, 0.3) is 0 Å². The van der Waals surface area contributed by atoms with E-state index in [1.54, 1.807) is 18.2 Å². The van der Waals surface area contributed by atoms with Crippen molar-refractivity contribution in [3.63, 3.8) is 0 Å². The Hall–Kier alpha value is -6.65. The average molecular weight is 645 g/mol. The fraction of sp³-hybridized carbons (Fsp3) is 0. The van der Waals surface area contributed by atoms with E-state index in [9.17, 15) is 4.11 Å². The van der Waals surface area contributed by atoms with Gasteiger partial charge in [-0.2, -0.15) is 0 Å². The molecule has 0 spiro atoms. The second-order valence-corrected chi connectivity index (χ2v) is 11.1. The van der Waals surface area contributed by atoms with E-state index >= 15 is 0 Å². The number of benzene rings is 8. The molecule has 10 rings (SSSR count). The molecule has 49 heavy (non-hydrogen) atoms. The van der Waals surface area contributed by atoms with Crippen LogP contribution in [0.2, 0.25) is 0 Å². The summed E-state index contributed by atoms with van der Waals surface area (Å²) in [5.74, 6) is 0.306. The Morgan fingerprint density at radius 2 is 1.35 bits per heavy atom. The van der Waals surface area contributed by atoms with Crippen LogP contribution in [0.25, 0.3) is 77.2 Å². The number of nitrogens with zero attached hydrogens (tertiary/aromatic N) is 2. The van der Waals surface area contributed by atoms with Crippen LogP contribution in [0.4, 0.5) is 17.1 Å². The van der Waals surface area contributed by atoms with Crippen LogP contribution in [0.5, 0.6) is 0 Å². The summed E-state index contributed by atoms with van der Waals surface area (Å²) in [4.78, 5) is 5.87. The first kappa shape index (κ1) is 16.0. The van der Waals surface area contributed by atoms with Crippen LogP contribution in [0.1, 0.15) is 21.9 Å². The van der Waals surface area contributed by atoms with Crippen molar-refractivity contribution in [3.05, 3.63) is 169 Å². The molecule has 0 fully saturated rings. The minimum Gasteiger partial charge on any atom is -0.456 e. The van der Waals surface area contributed by atoms with Gasteiger partial charge in [-0.15, -0.1) is 0 Å². The van der Waals surface area contributed by atoms with Crippen molar-refractivity contribution in [2.45, 2.75) is 0 Å². The number of hydrogen-bond acceptors (Lipinski definition) is 4. The third-order valence-electron chi connectivity index (χ3n) is 8.30. The summed E-state index contributed by atoms with van der Waals surface area (Å²) in [7, 11) is 0. The zero-order valence-corrected chi connectivity index (χ0v) is 25.1. The summed E-state index contributed by atoms with van der Waals surface area (Å²) in [6.45, 7) is 0. The van der Waals surface area contributed by atoms with E-state index in [1.165, 1.54) is 12.1 Å². The number of furan rings is 1. The van der Waals surface area contributed by atoms with Crippen LogP contribution < -0.4 is 4.90 Å². The second kappa shape index (κ2) is 11.0. The van der Waals surface area contributed by atoms with Crippen molar-refractivity contribution in [1.82, 2.24) is 4.98 Å². The lowest BCUT2D eigenvalue weighted by atomic mass is 10.0. The highest BCUT2D eigenvalue weighted by atomic mass is 16.3. The minimum absolute atomic E-state index is 0.0268. The van der Waals surface area contributed by atoms with Gasteiger partial charge in [0.2, 0.25) is 5.89 Å². The van der Waals surface area contributed by atoms with E-state index in [4.69, 9.17) is 31.6 Å². The van der Waals surface area contributed by atoms with Crippen molar-refractivity contribution in [2.24, 2.45) is 0 Å². The van der Waals surface area contributed by atoms with Crippen molar-refractivity contribution in [2.75, 3.05) is 4.90 Å². The highest BCUT2D eigenvalue weighted by molar-refractivity contribution is 6.13. The smallest absolute Gasteiger partial charge is 0.228 e. The van der Waals surface area contributed by atoms with Crippen LogP contribution in [0.3, 0.4) is 0 Å². The van der Waals surface area contributed by atoms with E-state index in [-0.39, 0.29) is 11.3 Å². The molecule has 0 unspecified atom stereocenters. The summed E-state index contributed by atoms with van der Waals surface area (Å²) in [5.41, 5.74) is -0.0361. The third kappa shape index (κ3) is 4.57. The highest BCUT2D eigenvalue weighted by Gasteiger charge is 2.20. The van der Waals surface area contributed by atoms with Gasteiger partial charge in [-0.3, -0.25) is 0 Å². The van der Waals surface area contributed by atoms with E-state index in [0.717, 1.165) is 15.7 Å². The van der Waals surface area contributed by atoms with Crippen LogP contribution in [-0.2, 0) is 0 Å². The number of para-hydroxylation sites is 1. The Morgan fingerprint density at radius 3 is 2.29 bits per heavy atom. The largest absolute Gasteiger partial charge is 0.456 e. The monoisotopic (exact) mass is 644 g/mol. The molecule has 0 aliphatic carbocycles. The fourth-order valence-electron chi connectivity index (χ4n) is 6.11. The molecule has 0 amide bonds. The zero-order chi connectivity index (χ0) is 46.2. The molecule has 0 aliphatic rings. The summed E-state index contributed by atoms with van der Waals surface area (Å²) < 4.78 is 154. The molecule has 2 aromatic heterocycles. The van der Waals surface area contributed by atoms with Gasteiger partial charge in [-0.1, -0.05) is 103 Å². The SMILES string of the molecule is [2H]c1c([2H])c([2H])c(N(c2ccc3c(c2)oc2cccc(-c4nc5c(ccc6ccccc65)o4)c23)c2c([2H])c([2H])c([2H])c(-c3c([2H])c([2H])c4c([2H])c([2H])c([2H])c([2H])c4c3[2H])c2[2H])c([2H])c1[2H]. The van der Waals surface area contributed by atoms with E-state index < -0.39 is 130 Å². The molecule has 10 aromatic rings. The Kier molecular flexibility index (Phi) is 3.57. The van der Waals surface area contributed by atoms with Gasteiger partial charge in [0, 0.05) is 44.9 Å². The Labute approximate surface area is 304 Å². The summed E-state index contributed by atoms with van der Waals surface area (Å²) >= 11 is 0. The van der Waals surface area contributed by atoms with Crippen molar-refractivity contribution in [1.29, 1.82) is 0 Å². The molecule has 0 aliphatic heterocycles. The fourth-order valence-corrected chi connectivity index (χ4v) is 6.11. The molecule has 8 aromatic carbocycles. The molecule has 230 valence electrons. The molecular formula is C45H28N2O2. The number of hydrogen-bond donors (Lipinski definition) is 0. The molecule has 0 N–H and O–H groups in total. The van der Waals surface area contributed by atoms with Crippen molar-refractivity contribution >= 4 is 71.6 Å². The zero-order valence-electron chi connectivity index (χ0n) is 41.1. The molecule has 0 saturated carbocycles. The van der Waals surface area contributed by atoms with Gasteiger partial charge in [-0.05, 0) is 87.8 Å². The average Bonchev–Trinajstić information content (AvgIpc) is 3.92. The molecule has 2 heterocycles. The predicted octanol–water partition coefficient (Wildman–Crippen LogP) is 12.8. The van der Waals surface area contributed by atoms with Gasteiger partial charge < -0.3 is 13.7 Å². The van der Waals surface area contributed by atoms with Crippen LogP contribution in [0, 0.1) is 0 Å². The van der Waals surface area contributed by atoms with Gasteiger partial charge in [0.05, 0.1) is 21.9 Å². The second-order valence-electron chi connectivity index (χ2n) is 11.1. The topological polar surface area (TPSA) is 42.4 Å². The van der Waals surface area contributed by atoms with Crippen LogP contribution in [0.15, 0.2) is 178 Å². The summed E-state index contributed by atoms with van der Waals surface area (Å²) in [5, 5.41) is 2.09. The van der Waals surface area contributed by atoms with Gasteiger partial charge in [0.15, 0.2) is 5.58 Å². The number of fused-ring (bicyclic) bond motifs is 7. The van der Waals surface area contributed by atoms with Crippen LogP contribution >= 0.6 is 0 Å². The maximum absolute atomic E-state index is 9.66. The molecule has 0 radical (unpaired) electrons. The van der Waals surface area contributed by atoms with E-state index in [0.29, 0.717) is 38.9 Å². The molecule has 0 atom stereocenters. The number of oxazole rings is 1. The molecule has 0 bridgehead atoms. The van der Waals surface area contributed by atoms with E-state index in [1.807, 2.05) is 42.5 Å². The quantitative estimate of drug-likeness (QED) is 0.187. The third-order valence-corrected chi connectivity index (χ3v) is 8.30. The lowest BCUT2D eigenvalue weighted by Crippen LogP contribution is -2.09. The Morgan fingerprint density at radius 1 is 0.510 bits per heavy atom. The van der Waals surface area contributed by atoms with Gasteiger partial charge in [-0.25, -0.2) is 4.98 Å². The first-order valence-electron chi connectivity index (χ1n) is 23.2. The Balaban J connectivity index is 1.25. The van der Waals surface area contributed by atoms with Crippen LogP contribution in [-0.4, -0.2) is 4.98 Å². The van der Waals surface area contributed by atoms with Gasteiger partial charge in [0.1, 0.15) is 16.7 Å². The maximum atomic E-state index is 9.66.